The van der Waals surface area contributed by atoms with Crippen LogP contribution in [-0.2, 0) is 4.79 Å². The van der Waals surface area contributed by atoms with Gasteiger partial charge in [-0.15, -0.1) is 11.3 Å². The van der Waals surface area contributed by atoms with E-state index >= 15 is 0 Å². The fraction of sp³-hybridized carbons (Fsp3) is 0.421. The number of β-amino-alcohol motifs (C(OH)–C–C–N with tert-alkyl or cyclic N) is 1. The zero-order valence-electron chi connectivity index (χ0n) is 14.4. The molecule has 1 aromatic heterocycles. The van der Waals surface area contributed by atoms with Crippen molar-refractivity contribution < 1.29 is 14.6 Å². The largest absolute Gasteiger partial charge is 0.484 e. The van der Waals surface area contributed by atoms with E-state index in [1.807, 2.05) is 53.6 Å². The van der Waals surface area contributed by atoms with E-state index in [1.54, 1.807) is 11.3 Å². The maximum Gasteiger partial charge on any atom is 0.260 e. The van der Waals surface area contributed by atoms with E-state index in [4.69, 9.17) is 4.74 Å². The predicted octanol–water partition coefficient (Wildman–Crippen LogP) is 2.31. The first-order chi connectivity index (χ1) is 12.1. The molecule has 0 aliphatic carbocycles. The van der Waals surface area contributed by atoms with Crippen LogP contribution in [0.1, 0.15) is 16.5 Å². The van der Waals surface area contributed by atoms with Gasteiger partial charge in [-0.3, -0.25) is 9.69 Å². The summed E-state index contributed by atoms with van der Waals surface area (Å²) in [6.45, 7) is 5.56. The molecule has 2 aromatic rings. The van der Waals surface area contributed by atoms with Gasteiger partial charge in [0.25, 0.3) is 5.91 Å². The number of ether oxygens (including phenoxy) is 1. The Hall–Kier alpha value is -1.89. The number of benzene rings is 1. The number of piperazine rings is 1. The van der Waals surface area contributed by atoms with Crippen LogP contribution in [0.5, 0.6) is 5.75 Å². The molecule has 134 valence electrons. The van der Waals surface area contributed by atoms with Crippen molar-refractivity contribution in [2.75, 3.05) is 39.3 Å². The maximum atomic E-state index is 12.3. The Labute approximate surface area is 152 Å². The zero-order valence-corrected chi connectivity index (χ0v) is 15.2. The third-order valence-corrected chi connectivity index (χ3v) is 5.45. The van der Waals surface area contributed by atoms with Crippen molar-refractivity contribution >= 4 is 17.2 Å². The Morgan fingerprint density at radius 3 is 2.64 bits per heavy atom. The molecule has 6 heteroatoms. The molecule has 2 heterocycles. The van der Waals surface area contributed by atoms with Gasteiger partial charge < -0.3 is 14.7 Å². The van der Waals surface area contributed by atoms with Crippen LogP contribution < -0.4 is 4.74 Å². The first kappa shape index (κ1) is 17.9. The lowest BCUT2D eigenvalue weighted by atomic mass is 10.2. The van der Waals surface area contributed by atoms with Crippen LogP contribution in [0.15, 0.2) is 41.8 Å². The van der Waals surface area contributed by atoms with Crippen molar-refractivity contribution in [2.45, 2.75) is 13.0 Å². The Bertz CT molecular complexity index is 682. The smallest absolute Gasteiger partial charge is 0.260 e. The molecule has 1 amide bonds. The zero-order chi connectivity index (χ0) is 17.6. The highest BCUT2D eigenvalue weighted by molar-refractivity contribution is 7.10. The summed E-state index contributed by atoms with van der Waals surface area (Å²) in [7, 11) is 0. The number of para-hydroxylation sites is 1. The van der Waals surface area contributed by atoms with Crippen molar-refractivity contribution in [3.63, 3.8) is 0 Å². The van der Waals surface area contributed by atoms with Crippen LogP contribution in [0.4, 0.5) is 0 Å². The standard InChI is InChI=1S/C19H24N2O3S/c1-15-5-2-3-6-17(15)24-14-19(23)21-10-8-20(9-11-21)13-16(22)18-7-4-12-25-18/h2-7,12,16,22H,8-11,13-14H2,1H3. The molecule has 1 fully saturated rings. The molecule has 0 radical (unpaired) electrons. The second kappa shape index (κ2) is 8.47. The number of aryl methyl sites for hydroxylation is 1. The monoisotopic (exact) mass is 360 g/mol. The highest BCUT2D eigenvalue weighted by atomic mass is 32.1. The van der Waals surface area contributed by atoms with Gasteiger partial charge in [0.05, 0.1) is 0 Å². The number of rotatable bonds is 6. The van der Waals surface area contributed by atoms with Gasteiger partial charge >= 0.3 is 0 Å². The fourth-order valence-electron chi connectivity index (χ4n) is 2.94. The van der Waals surface area contributed by atoms with E-state index in [9.17, 15) is 9.90 Å². The van der Waals surface area contributed by atoms with Crippen LogP contribution in [0.2, 0.25) is 0 Å². The summed E-state index contributed by atoms with van der Waals surface area (Å²) in [4.78, 5) is 17.4. The van der Waals surface area contributed by atoms with E-state index in [-0.39, 0.29) is 12.5 Å². The molecule has 1 unspecified atom stereocenters. The SMILES string of the molecule is Cc1ccccc1OCC(=O)N1CCN(CC(O)c2cccs2)CC1. The molecule has 1 aliphatic heterocycles. The van der Waals surface area contributed by atoms with E-state index in [0.717, 1.165) is 29.3 Å². The van der Waals surface area contributed by atoms with Crippen LogP contribution in [0.25, 0.3) is 0 Å². The molecular weight excluding hydrogens is 336 g/mol. The van der Waals surface area contributed by atoms with Crippen molar-refractivity contribution in [1.82, 2.24) is 9.80 Å². The molecule has 3 rings (SSSR count). The first-order valence-corrected chi connectivity index (χ1v) is 9.41. The molecule has 5 nitrogen and oxygen atoms in total. The minimum absolute atomic E-state index is 0.0155. The Morgan fingerprint density at radius 2 is 1.96 bits per heavy atom. The molecule has 0 spiro atoms. The van der Waals surface area contributed by atoms with Crippen molar-refractivity contribution in [2.24, 2.45) is 0 Å². The fourth-order valence-corrected chi connectivity index (χ4v) is 3.65. The summed E-state index contributed by atoms with van der Waals surface area (Å²) in [5, 5.41) is 12.2. The topological polar surface area (TPSA) is 53.0 Å². The number of carbonyl (C=O) groups is 1. The molecule has 1 aliphatic rings. The third kappa shape index (κ3) is 4.81. The number of aliphatic hydroxyl groups excluding tert-OH is 1. The maximum absolute atomic E-state index is 12.3. The number of nitrogens with zero attached hydrogens (tertiary/aromatic N) is 2. The van der Waals surface area contributed by atoms with Gasteiger partial charge in [-0.1, -0.05) is 24.3 Å². The molecule has 1 atom stereocenters. The molecule has 25 heavy (non-hydrogen) atoms. The summed E-state index contributed by atoms with van der Waals surface area (Å²) >= 11 is 1.57. The minimum Gasteiger partial charge on any atom is -0.484 e. The number of hydrogen-bond donors (Lipinski definition) is 1. The molecular formula is C19H24N2O3S. The van der Waals surface area contributed by atoms with Gasteiger partial charge in [0, 0.05) is 37.6 Å². The highest BCUT2D eigenvalue weighted by Gasteiger charge is 2.23. The molecule has 1 aromatic carbocycles. The van der Waals surface area contributed by atoms with Gasteiger partial charge in [0.2, 0.25) is 0 Å². The summed E-state index contributed by atoms with van der Waals surface area (Å²) in [5.74, 6) is 0.773. The number of thiophene rings is 1. The highest BCUT2D eigenvalue weighted by Crippen LogP contribution is 2.20. The van der Waals surface area contributed by atoms with Gasteiger partial charge in [0.15, 0.2) is 6.61 Å². The molecule has 1 N–H and O–H groups in total. The lowest BCUT2D eigenvalue weighted by Gasteiger charge is -2.35. The Kier molecular flexibility index (Phi) is 6.07. The van der Waals surface area contributed by atoms with Crippen LogP contribution in [-0.4, -0.2) is 60.1 Å². The van der Waals surface area contributed by atoms with E-state index < -0.39 is 6.10 Å². The summed E-state index contributed by atoms with van der Waals surface area (Å²) < 4.78 is 5.65. The normalized spacial score (nSPS) is 16.6. The predicted molar refractivity (Wildman–Crippen MR) is 99.0 cm³/mol. The van der Waals surface area contributed by atoms with Gasteiger partial charge in [-0.2, -0.15) is 0 Å². The first-order valence-electron chi connectivity index (χ1n) is 8.53. The van der Waals surface area contributed by atoms with Crippen LogP contribution in [0.3, 0.4) is 0 Å². The van der Waals surface area contributed by atoms with Crippen molar-refractivity contribution in [3.05, 3.63) is 52.2 Å². The number of hydrogen-bond acceptors (Lipinski definition) is 5. The van der Waals surface area contributed by atoms with E-state index in [2.05, 4.69) is 4.90 Å². The Balaban J connectivity index is 1.42. The quantitative estimate of drug-likeness (QED) is 0.859. The molecule has 0 bridgehead atoms. The minimum atomic E-state index is -0.452. The number of amides is 1. The average Bonchev–Trinajstić information content (AvgIpc) is 3.16. The Morgan fingerprint density at radius 1 is 1.20 bits per heavy atom. The van der Waals surface area contributed by atoms with Gasteiger partial charge in [-0.25, -0.2) is 0 Å². The van der Waals surface area contributed by atoms with Crippen LogP contribution >= 0.6 is 11.3 Å². The van der Waals surface area contributed by atoms with Crippen molar-refractivity contribution in [3.8, 4) is 5.75 Å². The summed E-state index contributed by atoms with van der Waals surface area (Å²) in [5.41, 5.74) is 1.03. The van der Waals surface area contributed by atoms with E-state index in [1.165, 1.54) is 0 Å². The van der Waals surface area contributed by atoms with Crippen LogP contribution in [0, 0.1) is 6.92 Å². The molecule has 1 saturated heterocycles. The molecule has 0 saturated carbocycles. The van der Waals surface area contributed by atoms with Gasteiger partial charge in [0.1, 0.15) is 11.9 Å². The number of carbonyl (C=O) groups excluding carboxylic acids is 1. The van der Waals surface area contributed by atoms with Gasteiger partial charge in [-0.05, 0) is 30.0 Å². The lowest BCUT2D eigenvalue weighted by molar-refractivity contribution is -0.135. The summed E-state index contributed by atoms with van der Waals surface area (Å²) in [6.07, 6.45) is -0.452. The summed E-state index contributed by atoms with van der Waals surface area (Å²) in [6, 6.07) is 11.6. The third-order valence-electron chi connectivity index (χ3n) is 4.47. The average molecular weight is 360 g/mol. The van der Waals surface area contributed by atoms with Crippen molar-refractivity contribution in [1.29, 1.82) is 0 Å². The second-order valence-electron chi connectivity index (χ2n) is 6.27. The second-order valence-corrected chi connectivity index (χ2v) is 7.25. The van der Waals surface area contributed by atoms with E-state index in [0.29, 0.717) is 19.6 Å². The lowest BCUT2D eigenvalue weighted by Crippen LogP contribution is -2.50. The number of aliphatic hydroxyl groups is 1.